The van der Waals surface area contributed by atoms with Crippen LogP contribution in [0.25, 0.3) is 0 Å². The summed E-state index contributed by atoms with van der Waals surface area (Å²) in [5, 5.41) is 3.44. The quantitative estimate of drug-likeness (QED) is 0.741. The number of pyridine rings is 1. The van der Waals surface area contributed by atoms with Crippen molar-refractivity contribution in [3.63, 3.8) is 0 Å². The van der Waals surface area contributed by atoms with E-state index in [4.69, 9.17) is 11.6 Å². The van der Waals surface area contributed by atoms with E-state index >= 15 is 0 Å². The van der Waals surface area contributed by atoms with Gasteiger partial charge in [0.1, 0.15) is 0 Å². The second-order valence-corrected chi connectivity index (χ2v) is 4.53. The van der Waals surface area contributed by atoms with Gasteiger partial charge >= 0.3 is 0 Å². The predicted molar refractivity (Wildman–Crippen MR) is 69.8 cm³/mol. The molecular formula is C13H21ClN2. The second-order valence-electron chi connectivity index (χ2n) is 4.15. The van der Waals surface area contributed by atoms with Crippen LogP contribution in [-0.4, -0.2) is 17.4 Å². The Bertz CT molecular complexity index is 302. The molecule has 0 aliphatic carbocycles. The number of rotatable bonds is 7. The minimum absolute atomic E-state index is 0.683. The maximum absolute atomic E-state index is 5.75. The van der Waals surface area contributed by atoms with Crippen LogP contribution in [-0.2, 0) is 6.54 Å². The number of aryl methyl sites for hydroxylation is 1. The van der Waals surface area contributed by atoms with Gasteiger partial charge in [-0.3, -0.25) is 4.98 Å². The fourth-order valence-corrected chi connectivity index (χ4v) is 2.02. The van der Waals surface area contributed by atoms with E-state index < -0.39 is 0 Å². The van der Waals surface area contributed by atoms with Gasteiger partial charge in [0.05, 0.1) is 5.69 Å². The summed E-state index contributed by atoms with van der Waals surface area (Å²) in [6.45, 7) is 6.11. The van der Waals surface area contributed by atoms with Crippen molar-refractivity contribution in [2.24, 2.45) is 5.92 Å². The second kappa shape index (κ2) is 7.64. The molecule has 1 heterocycles. The van der Waals surface area contributed by atoms with Crippen molar-refractivity contribution in [3.05, 3.63) is 29.6 Å². The first-order valence-corrected chi connectivity index (χ1v) is 6.49. The zero-order valence-corrected chi connectivity index (χ0v) is 10.9. The highest BCUT2D eigenvalue weighted by Crippen LogP contribution is 2.08. The summed E-state index contributed by atoms with van der Waals surface area (Å²) in [6, 6.07) is 6.13. The summed E-state index contributed by atoms with van der Waals surface area (Å²) in [6.07, 6.45) is 2.27. The number of hydrogen-bond donors (Lipinski definition) is 1. The zero-order chi connectivity index (χ0) is 11.8. The van der Waals surface area contributed by atoms with Crippen molar-refractivity contribution in [1.82, 2.24) is 10.3 Å². The number of halogens is 1. The van der Waals surface area contributed by atoms with E-state index in [1.807, 2.05) is 13.0 Å². The van der Waals surface area contributed by atoms with Crippen LogP contribution in [0.15, 0.2) is 18.2 Å². The Hall–Kier alpha value is -0.600. The molecule has 0 saturated heterocycles. The van der Waals surface area contributed by atoms with Crippen LogP contribution in [0.3, 0.4) is 0 Å². The first kappa shape index (κ1) is 13.5. The van der Waals surface area contributed by atoms with E-state index in [2.05, 4.69) is 29.4 Å². The summed E-state index contributed by atoms with van der Waals surface area (Å²) in [5.41, 5.74) is 2.19. The lowest BCUT2D eigenvalue weighted by Gasteiger charge is -2.13. The molecule has 1 N–H and O–H groups in total. The van der Waals surface area contributed by atoms with E-state index in [0.29, 0.717) is 5.92 Å². The minimum atomic E-state index is 0.683. The molecule has 1 aromatic heterocycles. The van der Waals surface area contributed by atoms with Gasteiger partial charge < -0.3 is 5.32 Å². The summed E-state index contributed by atoms with van der Waals surface area (Å²) < 4.78 is 0. The van der Waals surface area contributed by atoms with E-state index in [1.165, 1.54) is 6.42 Å². The topological polar surface area (TPSA) is 24.9 Å². The van der Waals surface area contributed by atoms with Crippen LogP contribution in [0, 0.1) is 12.8 Å². The third kappa shape index (κ3) is 4.95. The van der Waals surface area contributed by atoms with Crippen LogP contribution in [0.4, 0.5) is 0 Å². The molecule has 0 aliphatic heterocycles. The van der Waals surface area contributed by atoms with Crippen LogP contribution in [0.2, 0.25) is 0 Å². The summed E-state index contributed by atoms with van der Waals surface area (Å²) in [5.74, 6) is 1.44. The maximum Gasteiger partial charge on any atom is 0.0544 e. The SMILES string of the molecule is CCC(CCCl)CNCc1cccc(C)n1. The lowest BCUT2D eigenvalue weighted by Crippen LogP contribution is -2.23. The first-order chi connectivity index (χ1) is 7.76. The van der Waals surface area contributed by atoms with Crippen LogP contribution < -0.4 is 5.32 Å². The van der Waals surface area contributed by atoms with Crippen molar-refractivity contribution >= 4 is 11.6 Å². The molecule has 0 amide bonds. The number of alkyl halides is 1. The average molecular weight is 241 g/mol. The Morgan fingerprint density at radius 3 is 2.88 bits per heavy atom. The third-order valence-corrected chi connectivity index (χ3v) is 3.00. The van der Waals surface area contributed by atoms with Gasteiger partial charge in [-0.1, -0.05) is 19.4 Å². The Morgan fingerprint density at radius 2 is 2.25 bits per heavy atom. The van der Waals surface area contributed by atoms with Gasteiger partial charge in [0.2, 0.25) is 0 Å². The monoisotopic (exact) mass is 240 g/mol. The molecule has 1 rings (SSSR count). The molecule has 0 radical (unpaired) electrons. The lowest BCUT2D eigenvalue weighted by atomic mass is 10.0. The number of nitrogens with one attached hydrogen (secondary N) is 1. The van der Waals surface area contributed by atoms with Gasteiger partial charge in [-0.15, -0.1) is 11.6 Å². The van der Waals surface area contributed by atoms with Gasteiger partial charge in [0, 0.05) is 18.1 Å². The number of aromatic nitrogens is 1. The van der Waals surface area contributed by atoms with Gasteiger partial charge in [0.15, 0.2) is 0 Å². The van der Waals surface area contributed by atoms with E-state index in [9.17, 15) is 0 Å². The molecule has 0 bridgehead atoms. The van der Waals surface area contributed by atoms with Gasteiger partial charge in [0.25, 0.3) is 0 Å². The fraction of sp³-hybridized carbons (Fsp3) is 0.615. The molecule has 0 aliphatic rings. The first-order valence-electron chi connectivity index (χ1n) is 5.95. The molecule has 2 nitrogen and oxygen atoms in total. The van der Waals surface area contributed by atoms with Gasteiger partial charge in [-0.25, -0.2) is 0 Å². The summed E-state index contributed by atoms with van der Waals surface area (Å²) >= 11 is 5.75. The molecule has 0 fully saturated rings. The van der Waals surface area contributed by atoms with Crippen LogP contribution >= 0.6 is 11.6 Å². The van der Waals surface area contributed by atoms with Crippen molar-refractivity contribution in [2.75, 3.05) is 12.4 Å². The highest BCUT2D eigenvalue weighted by molar-refractivity contribution is 6.17. The molecular weight excluding hydrogens is 220 g/mol. The molecule has 3 heteroatoms. The van der Waals surface area contributed by atoms with Crippen LogP contribution in [0.1, 0.15) is 31.2 Å². The Labute approximate surface area is 103 Å². The molecule has 16 heavy (non-hydrogen) atoms. The standard InChI is InChI=1S/C13H21ClN2/c1-3-12(7-8-14)9-15-10-13-6-4-5-11(2)16-13/h4-6,12,15H,3,7-10H2,1-2H3. The number of hydrogen-bond acceptors (Lipinski definition) is 2. The van der Waals surface area contributed by atoms with Crippen molar-refractivity contribution in [2.45, 2.75) is 33.2 Å². The fourth-order valence-electron chi connectivity index (χ4n) is 1.71. The smallest absolute Gasteiger partial charge is 0.0544 e. The molecule has 0 aromatic carbocycles. The van der Waals surface area contributed by atoms with E-state index in [-0.39, 0.29) is 0 Å². The highest BCUT2D eigenvalue weighted by atomic mass is 35.5. The van der Waals surface area contributed by atoms with Crippen molar-refractivity contribution < 1.29 is 0 Å². The molecule has 0 spiro atoms. The molecule has 0 saturated carbocycles. The predicted octanol–water partition coefficient (Wildman–Crippen LogP) is 3.13. The highest BCUT2D eigenvalue weighted by Gasteiger charge is 2.04. The van der Waals surface area contributed by atoms with E-state index in [0.717, 1.165) is 36.8 Å². The van der Waals surface area contributed by atoms with E-state index in [1.54, 1.807) is 0 Å². The van der Waals surface area contributed by atoms with Gasteiger partial charge in [-0.2, -0.15) is 0 Å². The average Bonchev–Trinajstić information content (AvgIpc) is 2.28. The Morgan fingerprint density at radius 1 is 1.44 bits per heavy atom. The number of nitrogens with zero attached hydrogens (tertiary/aromatic N) is 1. The third-order valence-electron chi connectivity index (χ3n) is 2.78. The molecule has 1 atom stereocenters. The zero-order valence-electron chi connectivity index (χ0n) is 10.2. The molecule has 1 unspecified atom stereocenters. The van der Waals surface area contributed by atoms with Gasteiger partial charge in [-0.05, 0) is 37.9 Å². The van der Waals surface area contributed by atoms with Crippen LogP contribution in [0.5, 0.6) is 0 Å². The van der Waals surface area contributed by atoms with Crippen molar-refractivity contribution in [3.8, 4) is 0 Å². The molecule has 1 aromatic rings. The largest absolute Gasteiger partial charge is 0.311 e. The normalized spacial score (nSPS) is 12.7. The van der Waals surface area contributed by atoms with Crippen molar-refractivity contribution in [1.29, 1.82) is 0 Å². The summed E-state index contributed by atoms with van der Waals surface area (Å²) in [4.78, 5) is 4.45. The maximum atomic E-state index is 5.75. The minimum Gasteiger partial charge on any atom is -0.311 e. The Kier molecular flexibility index (Phi) is 6.43. The Balaban J connectivity index is 2.29. The summed E-state index contributed by atoms with van der Waals surface area (Å²) in [7, 11) is 0. The molecule has 90 valence electrons. The lowest BCUT2D eigenvalue weighted by molar-refractivity contribution is 0.450.